The zero-order valence-corrected chi connectivity index (χ0v) is 19.3. The van der Waals surface area contributed by atoms with Crippen LogP contribution in [0, 0.1) is 0 Å². The number of nitrogens with zero attached hydrogens (tertiary/aromatic N) is 2. The fourth-order valence-electron chi connectivity index (χ4n) is 3.98. The van der Waals surface area contributed by atoms with Crippen molar-refractivity contribution in [1.82, 2.24) is 14.2 Å². The van der Waals surface area contributed by atoms with Gasteiger partial charge in [-0.2, -0.15) is 4.31 Å². The van der Waals surface area contributed by atoms with Gasteiger partial charge >= 0.3 is 0 Å². The molecule has 3 aromatic rings. The third kappa shape index (κ3) is 5.23. The van der Waals surface area contributed by atoms with E-state index in [4.69, 9.17) is 0 Å². The lowest BCUT2D eigenvalue weighted by atomic mass is 10.0. The number of carbonyl (C=O) groups is 1. The Balaban J connectivity index is 1.44. The SMILES string of the molecule is CC(NC(=O)Cn1cc(S(=O)(=O)N2CCCC2)ccc1=O)c1ccc(-c2ccccc2)cc1. The number of benzene rings is 2. The fraction of sp³-hybridized carbons (Fsp3) is 0.280. The lowest BCUT2D eigenvalue weighted by Crippen LogP contribution is -2.34. The highest BCUT2D eigenvalue weighted by atomic mass is 32.2. The third-order valence-corrected chi connectivity index (χ3v) is 7.75. The van der Waals surface area contributed by atoms with Crippen LogP contribution in [0.3, 0.4) is 0 Å². The molecule has 172 valence electrons. The summed E-state index contributed by atoms with van der Waals surface area (Å²) in [7, 11) is -3.66. The molecule has 0 spiro atoms. The van der Waals surface area contributed by atoms with E-state index in [2.05, 4.69) is 5.32 Å². The number of sulfonamides is 1. The highest BCUT2D eigenvalue weighted by Gasteiger charge is 2.27. The van der Waals surface area contributed by atoms with E-state index in [1.807, 2.05) is 61.5 Å². The maximum absolute atomic E-state index is 12.8. The molecular formula is C25H27N3O4S. The zero-order valence-electron chi connectivity index (χ0n) is 18.5. The monoisotopic (exact) mass is 465 g/mol. The molecule has 1 amide bonds. The van der Waals surface area contributed by atoms with Crippen molar-refractivity contribution in [3.05, 3.63) is 88.8 Å². The van der Waals surface area contributed by atoms with E-state index >= 15 is 0 Å². The molecule has 1 N–H and O–H groups in total. The smallest absolute Gasteiger partial charge is 0.251 e. The van der Waals surface area contributed by atoms with E-state index in [-0.39, 0.29) is 23.4 Å². The number of amides is 1. The van der Waals surface area contributed by atoms with E-state index < -0.39 is 15.6 Å². The van der Waals surface area contributed by atoms with Crippen molar-refractivity contribution in [3.8, 4) is 11.1 Å². The summed E-state index contributed by atoms with van der Waals surface area (Å²) in [4.78, 5) is 24.9. The molecule has 4 rings (SSSR count). The molecule has 8 heteroatoms. The molecule has 2 heterocycles. The Morgan fingerprint density at radius 1 is 0.939 bits per heavy atom. The van der Waals surface area contributed by atoms with Gasteiger partial charge in [0.15, 0.2) is 0 Å². The molecule has 0 radical (unpaired) electrons. The van der Waals surface area contributed by atoms with Crippen molar-refractivity contribution in [2.45, 2.75) is 37.2 Å². The lowest BCUT2D eigenvalue weighted by Gasteiger charge is -2.17. The lowest BCUT2D eigenvalue weighted by molar-refractivity contribution is -0.122. The van der Waals surface area contributed by atoms with Crippen molar-refractivity contribution in [3.63, 3.8) is 0 Å². The Bertz CT molecular complexity index is 1280. The van der Waals surface area contributed by atoms with Crippen molar-refractivity contribution < 1.29 is 13.2 Å². The molecule has 1 aliphatic rings. The van der Waals surface area contributed by atoms with Gasteiger partial charge in [-0.1, -0.05) is 54.6 Å². The number of pyridine rings is 1. The second-order valence-corrected chi connectivity index (χ2v) is 10.2. The average Bonchev–Trinajstić information content (AvgIpc) is 3.37. The molecule has 1 fully saturated rings. The fourth-order valence-corrected chi connectivity index (χ4v) is 5.52. The van der Waals surface area contributed by atoms with Crippen LogP contribution in [0.2, 0.25) is 0 Å². The Labute approximate surface area is 193 Å². The molecule has 0 aliphatic carbocycles. The van der Waals surface area contributed by atoms with Gasteiger partial charge in [0.05, 0.1) is 10.9 Å². The number of hydrogen-bond acceptors (Lipinski definition) is 4. The predicted octanol–water partition coefficient (Wildman–Crippen LogP) is 3.18. The van der Waals surface area contributed by atoms with Crippen LogP contribution in [-0.4, -0.2) is 36.3 Å². The summed E-state index contributed by atoms with van der Waals surface area (Å²) >= 11 is 0. The van der Waals surface area contributed by atoms with E-state index in [9.17, 15) is 18.0 Å². The quantitative estimate of drug-likeness (QED) is 0.581. The Morgan fingerprint density at radius 3 is 2.24 bits per heavy atom. The summed E-state index contributed by atoms with van der Waals surface area (Å²) < 4.78 is 28.1. The normalized spacial score (nSPS) is 15.3. The topological polar surface area (TPSA) is 88.5 Å². The van der Waals surface area contributed by atoms with Gasteiger partial charge in [-0.3, -0.25) is 9.59 Å². The van der Waals surface area contributed by atoms with Gasteiger partial charge in [0.1, 0.15) is 6.54 Å². The summed E-state index contributed by atoms with van der Waals surface area (Å²) in [6.07, 6.45) is 2.91. The summed E-state index contributed by atoms with van der Waals surface area (Å²) in [5.41, 5.74) is 2.70. The Kier molecular flexibility index (Phi) is 6.76. The van der Waals surface area contributed by atoms with Crippen LogP contribution in [0.15, 0.2) is 82.6 Å². The molecule has 7 nitrogen and oxygen atoms in total. The summed E-state index contributed by atoms with van der Waals surface area (Å²) in [6, 6.07) is 20.2. The first-order valence-corrected chi connectivity index (χ1v) is 12.4. The molecule has 1 aromatic heterocycles. The zero-order chi connectivity index (χ0) is 23.4. The maximum Gasteiger partial charge on any atom is 0.251 e. The Morgan fingerprint density at radius 2 is 1.58 bits per heavy atom. The molecule has 1 unspecified atom stereocenters. The van der Waals surface area contributed by atoms with Gasteiger partial charge < -0.3 is 9.88 Å². The largest absolute Gasteiger partial charge is 0.348 e. The summed E-state index contributed by atoms with van der Waals surface area (Å²) in [5, 5.41) is 2.89. The van der Waals surface area contributed by atoms with Crippen molar-refractivity contribution in [2.24, 2.45) is 0 Å². The van der Waals surface area contributed by atoms with Crippen molar-refractivity contribution in [1.29, 1.82) is 0 Å². The van der Waals surface area contributed by atoms with E-state index in [0.717, 1.165) is 34.1 Å². The summed E-state index contributed by atoms with van der Waals surface area (Å²) in [6.45, 7) is 2.56. The minimum Gasteiger partial charge on any atom is -0.348 e. The molecule has 1 saturated heterocycles. The van der Waals surface area contributed by atoms with Crippen LogP contribution >= 0.6 is 0 Å². The number of rotatable bonds is 7. The van der Waals surface area contributed by atoms with Gasteiger partial charge in [0.25, 0.3) is 5.56 Å². The van der Waals surface area contributed by atoms with Crippen LogP contribution < -0.4 is 10.9 Å². The first-order chi connectivity index (χ1) is 15.8. The van der Waals surface area contributed by atoms with E-state index in [1.54, 1.807) is 0 Å². The second kappa shape index (κ2) is 9.72. The first kappa shape index (κ1) is 22.9. The van der Waals surface area contributed by atoms with Gasteiger partial charge in [-0.15, -0.1) is 0 Å². The van der Waals surface area contributed by atoms with Crippen LogP contribution in [0.25, 0.3) is 11.1 Å². The Hall–Kier alpha value is -3.23. The highest BCUT2D eigenvalue weighted by Crippen LogP contribution is 2.22. The number of aromatic nitrogens is 1. The maximum atomic E-state index is 12.8. The number of hydrogen-bond donors (Lipinski definition) is 1. The van der Waals surface area contributed by atoms with Crippen LogP contribution in [0.4, 0.5) is 0 Å². The summed E-state index contributed by atoms with van der Waals surface area (Å²) in [5.74, 6) is -0.368. The van der Waals surface area contributed by atoms with E-state index in [0.29, 0.717) is 13.1 Å². The van der Waals surface area contributed by atoms with Gasteiger partial charge in [0, 0.05) is 25.4 Å². The van der Waals surface area contributed by atoms with Gasteiger partial charge in [-0.25, -0.2) is 8.42 Å². The number of carbonyl (C=O) groups excluding carboxylic acids is 1. The van der Waals surface area contributed by atoms with Crippen LogP contribution in [0.5, 0.6) is 0 Å². The molecule has 33 heavy (non-hydrogen) atoms. The van der Waals surface area contributed by atoms with Crippen LogP contribution in [-0.2, 0) is 21.4 Å². The molecule has 2 aromatic carbocycles. The minimum atomic E-state index is -3.66. The van der Waals surface area contributed by atoms with Crippen molar-refractivity contribution in [2.75, 3.05) is 13.1 Å². The van der Waals surface area contributed by atoms with Gasteiger partial charge in [0.2, 0.25) is 15.9 Å². The molecule has 0 bridgehead atoms. The predicted molar refractivity (Wildman–Crippen MR) is 127 cm³/mol. The standard InChI is InChI=1S/C25H27N3O4S/c1-19(20-9-11-22(12-10-20)21-7-3-2-4-8-21)26-24(29)18-27-17-23(13-14-25(27)30)33(31,32)28-15-5-6-16-28/h2-4,7-14,17,19H,5-6,15-16,18H2,1H3,(H,26,29). The van der Waals surface area contributed by atoms with Crippen molar-refractivity contribution >= 4 is 15.9 Å². The molecule has 1 aliphatic heterocycles. The minimum absolute atomic E-state index is 0.0290. The first-order valence-electron chi connectivity index (χ1n) is 11.0. The second-order valence-electron chi connectivity index (χ2n) is 8.22. The molecular weight excluding hydrogens is 438 g/mol. The molecule has 0 saturated carbocycles. The van der Waals surface area contributed by atoms with Gasteiger partial charge in [-0.05, 0) is 42.5 Å². The third-order valence-electron chi connectivity index (χ3n) is 5.87. The molecule has 1 atom stereocenters. The number of nitrogens with one attached hydrogen (secondary N) is 1. The van der Waals surface area contributed by atoms with Crippen LogP contribution in [0.1, 0.15) is 31.4 Å². The highest BCUT2D eigenvalue weighted by molar-refractivity contribution is 7.89. The van der Waals surface area contributed by atoms with E-state index in [1.165, 1.54) is 22.6 Å². The average molecular weight is 466 g/mol.